The average molecular weight is 235 g/mol. The molecule has 0 heterocycles. The molecule has 3 rings (SSSR count). The normalized spacial score (nSPS) is 14.7. The molecule has 1 N–H and O–H groups in total. The number of nitrogens with zero attached hydrogens (tertiary/aromatic N) is 1. The van der Waals surface area contributed by atoms with Crippen molar-refractivity contribution in [2.24, 2.45) is 0 Å². The van der Waals surface area contributed by atoms with Gasteiger partial charge >= 0.3 is 0 Å². The first-order valence-electron chi connectivity index (χ1n) is 6.06. The van der Waals surface area contributed by atoms with E-state index in [4.69, 9.17) is 5.26 Å². The number of hydrogen-bond acceptors (Lipinski definition) is 2. The maximum absolute atomic E-state index is 11.0. The van der Waals surface area contributed by atoms with Crippen molar-refractivity contribution in [1.29, 1.82) is 5.26 Å². The zero-order chi connectivity index (χ0) is 12.6. The number of hydrogen-bond donors (Lipinski definition) is 1. The Kier molecular flexibility index (Phi) is 2.43. The van der Waals surface area contributed by atoms with Crippen LogP contribution in [-0.2, 0) is 5.60 Å². The summed E-state index contributed by atoms with van der Waals surface area (Å²) in [5, 5.41) is 19.8. The number of nitriles is 1. The maximum atomic E-state index is 11.0. The Hall–Kier alpha value is -2.11. The summed E-state index contributed by atoms with van der Waals surface area (Å²) in [6, 6.07) is 17.9. The maximum Gasteiger partial charge on any atom is 0.117 e. The van der Waals surface area contributed by atoms with Gasteiger partial charge in [0.15, 0.2) is 0 Å². The zero-order valence-corrected chi connectivity index (χ0v) is 9.93. The molecule has 88 valence electrons. The van der Waals surface area contributed by atoms with Crippen molar-refractivity contribution < 1.29 is 5.11 Å². The lowest BCUT2D eigenvalue weighted by atomic mass is 9.87. The van der Waals surface area contributed by atoms with E-state index in [1.54, 1.807) is 0 Å². The molecule has 2 aromatic carbocycles. The van der Waals surface area contributed by atoms with E-state index in [9.17, 15) is 5.11 Å². The number of aliphatic hydroxyl groups is 1. The summed E-state index contributed by atoms with van der Waals surface area (Å²) in [5.74, 6) is 0. The van der Waals surface area contributed by atoms with Gasteiger partial charge in [-0.05, 0) is 28.7 Å². The van der Waals surface area contributed by atoms with Crippen molar-refractivity contribution in [3.63, 3.8) is 0 Å². The molecule has 0 saturated carbocycles. The third-order valence-electron chi connectivity index (χ3n) is 3.63. The van der Waals surface area contributed by atoms with E-state index in [-0.39, 0.29) is 0 Å². The van der Waals surface area contributed by atoms with Crippen LogP contribution in [0.1, 0.15) is 24.0 Å². The highest BCUT2D eigenvalue weighted by atomic mass is 16.3. The van der Waals surface area contributed by atoms with Crippen molar-refractivity contribution in [2.75, 3.05) is 0 Å². The molecule has 1 aliphatic carbocycles. The third kappa shape index (κ3) is 1.38. The molecule has 0 fully saturated rings. The summed E-state index contributed by atoms with van der Waals surface area (Å²) in [7, 11) is 0. The van der Waals surface area contributed by atoms with Crippen LogP contribution in [0.25, 0.3) is 11.1 Å². The van der Waals surface area contributed by atoms with Crippen LogP contribution in [0.3, 0.4) is 0 Å². The smallest absolute Gasteiger partial charge is 0.117 e. The van der Waals surface area contributed by atoms with Gasteiger partial charge in [0.25, 0.3) is 0 Å². The quantitative estimate of drug-likeness (QED) is 0.868. The number of rotatable bonds is 2. The van der Waals surface area contributed by atoms with Crippen molar-refractivity contribution in [3.8, 4) is 17.2 Å². The van der Waals surface area contributed by atoms with E-state index in [1.165, 1.54) is 0 Å². The van der Waals surface area contributed by atoms with Gasteiger partial charge in [-0.3, -0.25) is 0 Å². The SMILES string of the molecule is N#CCCC1(O)c2ccccc2-c2ccccc21. The van der Waals surface area contributed by atoms with Crippen molar-refractivity contribution in [3.05, 3.63) is 59.7 Å². The highest BCUT2D eigenvalue weighted by Gasteiger charge is 2.40. The van der Waals surface area contributed by atoms with Crippen LogP contribution in [0.4, 0.5) is 0 Å². The van der Waals surface area contributed by atoms with Crippen molar-refractivity contribution in [2.45, 2.75) is 18.4 Å². The second-order valence-corrected chi connectivity index (χ2v) is 4.61. The minimum absolute atomic E-state index is 0.346. The molecule has 0 aliphatic heterocycles. The van der Waals surface area contributed by atoms with E-state index in [2.05, 4.69) is 6.07 Å². The van der Waals surface area contributed by atoms with Gasteiger partial charge in [0.2, 0.25) is 0 Å². The summed E-state index contributed by atoms with van der Waals surface area (Å²) < 4.78 is 0. The van der Waals surface area contributed by atoms with Crippen LogP contribution < -0.4 is 0 Å². The number of benzene rings is 2. The Morgan fingerprint density at radius 2 is 1.44 bits per heavy atom. The highest BCUT2D eigenvalue weighted by Crippen LogP contribution is 2.49. The standard InChI is InChI=1S/C16H13NO/c17-11-5-10-16(18)14-8-3-1-6-12(14)13-7-2-4-9-15(13)16/h1-4,6-9,18H,5,10H2. The molecule has 0 spiro atoms. The molecule has 0 amide bonds. The van der Waals surface area contributed by atoms with Gasteiger partial charge in [0.1, 0.15) is 5.60 Å². The molecule has 0 aromatic heterocycles. The molecule has 0 unspecified atom stereocenters. The highest BCUT2D eigenvalue weighted by molar-refractivity contribution is 5.79. The van der Waals surface area contributed by atoms with Gasteiger partial charge in [0.05, 0.1) is 6.07 Å². The summed E-state index contributed by atoms with van der Waals surface area (Å²) >= 11 is 0. The Balaban J connectivity index is 2.24. The predicted molar refractivity (Wildman–Crippen MR) is 69.7 cm³/mol. The van der Waals surface area contributed by atoms with E-state index in [1.807, 2.05) is 48.5 Å². The van der Waals surface area contributed by atoms with Crippen LogP contribution in [-0.4, -0.2) is 5.11 Å². The molecule has 0 radical (unpaired) electrons. The van der Waals surface area contributed by atoms with E-state index >= 15 is 0 Å². The Morgan fingerprint density at radius 3 is 1.94 bits per heavy atom. The molecule has 2 nitrogen and oxygen atoms in total. The minimum atomic E-state index is -1.01. The lowest BCUT2D eigenvalue weighted by molar-refractivity contribution is 0.0774. The van der Waals surface area contributed by atoms with Gasteiger partial charge < -0.3 is 5.11 Å². The summed E-state index contributed by atoms with van der Waals surface area (Å²) in [6.45, 7) is 0. The van der Waals surface area contributed by atoms with Crippen LogP contribution in [0.2, 0.25) is 0 Å². The molecular formula is C16H13NO. The molecule has 0 saturated heterocycles. The molecule has 0 bridgehead atoms. The largest absolute Gasteiger partial charge is 0.380 e. The fraction of sp³-hybridized carbons (Fsp3) is 0.188. The van der Waals surface area contributed by atoms with Crippen LogP contribution in [0.15, 0.2) is 48.5 Å². The first-order valence-corrected chi connectivity index (χ1v) is 6.06. The van der Waals surface area contributed by atoms with Gasteiger partial charge in [-0.25, -0.2) is 0 Å². The second-order valence-electron chi connectivity index (χ2n) is 4.61. The Morgan fingerprint density at radius 1 is 0.944 bits per heavy atom. The molecule has 0 atom stereocenters. The Labute approximate surface area is 106 Å². The second kappa shape index (κ2) is 3.97. The predicted octanol–water partition coefficient (Wildman–Crippen LogP) is 3.21. The fourth-order valence-corrected chi connectivity index (χ4v) is 2.81. The van der Waals surface area contributed by atoms with Gasteiger partial charge in [-0.15, -0.1) is 0 Å². The molecule has 18 heavy (non-hydrogen) atoms. The number of fused-ring (bicyclic) bond motifs is 3. The summed E-state index contributed by atoms with van der Waals surface area (Å²) in [5.41, 5.74) is 2.98. The lowest BCUT2D eigenvalue weighted by Gasteiger charge is -2.24. The zero-order valence-electron chi connectivity index (χ0n) is 9.93. The van der Waals surface area contributed by atoms with Gasteiger partial charge in [-0.2, -0.15) is 5.26 Å². The van der Waals surface area contributed by atoms with E-state index in [0.717, 1.165) is 22.3 Å². The van der Waals surface area contributed by atoms with E-state index < -0.39 is 5.60 Å². The molecule has 1 aliphatic rings. The van der Waals surface area contributed by atoms with Crippen LogP contribution in [0, 0.1) is 11.3 Å². The first-order chi connectivity index (χ1) is 8.77. The molecular weight excluding hydrogens is 222 g/mol. The lowest BCUT2D eigenvalue weighted by Crippen LogP contribution is -2.24. The van der Waals surface area contributed by atoms with Crippen molar-refractivity contribution >= 4 is 0 Å². The monoisotopic (exact) mass is 235 g/mol. The topological polar surface area (TPSA) is 44.0 Å². The van der Waals surface area contributed by atoms with Gasteiger partial charge in [0, 0.05) is 6.42 Å². The average Bonchev–Trinajstić information content (AvgIpc) is 2.69. The summed E-state index contributed by atoms with van der Waals surface area (Å²) in [4.78, 5) is 0. The van der Waals surface area contributed by atoms with Crippen LogP contribution in [0.5, 0.6) is 0 Å². The third-order valence-corrected chi connectivity index (χ3v) is 3.63. The van der Waals surface area contributed by atoms with E-state index in [0.29, 0.717) is 12.8 Å². The fourth-order valence-electron chi connectivity index (χ4n) is 2.81. The van der Waals surface area contributed by atoms with Gasteiger partial charge in [-0.1, -0.05) is 48.5 Å². The van der Waals surface area contributed by atoms with Crippen molar-refractivity contribution in [1.82, 2.24) is 0 Å². The Bertz CT molecular complexity index is 594. The summed E-state index contributed by atoms with van der Waals surface area (Å²) in [6.07, 6.45) is 0.788. The molecule has 2 heteroatoms. The van der Waals surface area contributed by atoms with Crippen LogP contribution >= 0.6 is 0 Å². The first kappa shape index (κ1) is 11.0. The minimum Gasteiger partial charge on any atom is -0.380 e. The molecule has 2 aromatic rings.